The van der Waals surface area contributed by atoms with Gasteiger partial charge in [0.25, 0.3) is 0 Å². The Bertz CT molecular complexity index is 1450. The lowest BCUT2D eigenvalue weighted by Gasteiger charge is -2.43. The zero-order chi connectivity index (χ0) is 45.1. The Hall–Kier alpha value is -5.08. The molecule has 60 heavy (non-hydrogen) atoms. The first kappa shape index (κ1) is 51.1. The number of hydrogen-bond donors (Lipinski definition) is 2. The van der Waals surface area contributed by atoms with Gasteiger partial charge in [-0.1, -0.05) is 21.6 Å². The number of ether oxygens (including phenoxy) is 12. The minimum Gasteiger partial charge on any atom is -0.463 e. The standard InChI is InChI=1S/C34H48N2O22S2/c1-15(37)47-13-23-25(49-17(3)39)27(51-19(5)41)29(53-21(7)43)31(55-23)57-33(45)35-9-11-59-60-12-10-36-34(46)58-32-30(54-22(8)44)28(52-20(6)42)26(50-18(4)40)24(56-32)14-48-16(2)38/h23-32H,9-14H2,1-8H3,(H,35,45)(H,36,46)/t23-,24-,25-,26-,27+,28+,29-,30-,31+,32+/m1/s1. The van der Waals surface area contributed by atoms with Gasteiger partial charge >= 0.3 is 59.9 Å². The van der Waals surface area contributed by atoms with Crippen molar-refractivity contribution in [1.29, 1.82) is 0 Å². The van der Waals surface area contributed by atoms with Gasteiger partial charge < -0.3 is 67.5 Å². The molecule has 0 aromatic heterocycles. The minimum atomic E-state index is -1.72. The average molecular weight is 901 g/mol. The smallest absolute Gasteiger partial charge is 0.409 e. The highest BCUT2D eigenvalue weighted by Crippen LogP contribution is 2.32. The fraction of sp³-hybridized carbons (Fsp3) is 0.706. The Balaban J connectivity index is 1.96. The van der Waals surface area contributed by atoms with Gasteiger partial charge in [0.2, 0.25) is 24.8 Å². The van der Waals surface area contributed by atoms with Crippen molar-refractivity contribution < 1.29 is 105 Å². The number of rotatable bonds is 19. The van der Waals surface area contributed by atoms with Crippen LogP contribution in [0.2, 0.25) is 0 Å². The predicted molar refractivity (Wildman–Crippen MR) is 198 cm³/mol. The Morgan fingerprint density at radius 3 is 0.967 bits per heavy atom. The first-order chi connectivity index (χ1) is 28.2. The monoisotopic (exact) mass is 900 g/mol. The van der Waals surface area contributed by atoms with Crippen LogP contribution in [0.3, 0.4) is 0 Å². The normalized spacial score (nSPS) is 25.7. The summed E-state index contributed by atoms with van der Waals surface area (Å²) in [6.07, 6.45) is -17.3. The van der Waals surface area contributed by atoms with Crippen molar-refractivity contribution in [3.05, 3.63) is 0 Å². The molecule has 2 rings (SSSR count). The van der Waals surface area contributed by atoms with E-state index in [1.807, 2.05) is 0 Å². The van der Waals surface area contributed by atoms with Gasteiger partial charge in [-0.2, -0.15) is 0 Å². The Labute approximate surface area is 350 Å². The molecular formula is C34H48N2O22S2. The summed E-state index contributed by atoms with van der Waals surface area (Å²) in [4.78, 5) is 120. The SMILES string of the molecule is CC(=O)OC[C@H]1O[C@@H](OC(=O)NCCSSCCNC(=O)O[C@@H]2O[C@H](COC(C)=O)[C@@H](OC(C)=O)[C@H](OC(C)=O)[C@H]2OC(C)=O)[C@H](OC(C)=O)[C@@H](OC(C)=O)[C@@H]1OC(C)=O. The molecule has 0 radical (unpaired) electrons. The van der Waals surface area contributed by atoms with Crippen molar-refractivity contribution >= 4 is 81.5 Å². The summed E-state index contributed by atoms with van der Waals surface area (Å²) in [5.74, 6) is -6.02. The number of carbonyl (C=O) groups excluding carboxylic acids is 10. The van der Waals surface area contributed by atoms with Gasteiger partial charge in [-0.25, -0.2) is 9.59 Å². The third-order valence-electron chi connectivity index (χ3n) is 7.34. The fourth-order valence-corrected chi connectivity index (χ4v) is 7.18. The van der Waals surface area contributed by atoms with Crippen LogP contribution in [0, 0.1) is 0 Å². The van der Waals surface area contributed by atoms with E-state index in [1.165, 1.54) is 21.6 Å². The lowest BCUT2D eigenvalue weighted by atomic mass is 9.98. The van der Waals surface area contributed by atoms with E-state index < -0.39 is 135 Å². The second-order valence-electron chi connectivity index (χ2n) is 12.4. The summed E-state index contributed by atoms with van der Waals surface area (Å²) in [5.41, 5.74) is 0. The lowest BCUT2D eigenvalue weighted by Crippen LogP contribution is -2.63. The van der Waals surface area contributed by atoms with E-state index in [1.54, 1.807) is 0 Å². The van der Waals surface area contributed by atoms with Gasteiger partial charge in [0, 0.05) is 80.0 Å². The van der Waals surface area contributed by atoms with Crippen LogP contribution < -0.4 is 10.6 Å². The lowest BCUT2D eigenvalue weighted by molar-refractivity contribution is -0.294. The van der Waals surface area contributed by atoms with Gasteiger partial charge in [-0.05, 0) is 0 Å². The highest BCUT2D eigenvalue weighted by Gasteiger charge is 2.55. The molecule has 0 aromatic carbocycles. The minimum absolute atomic E-state index is 0.0279. The van der Waals surface area contributed by atoms with Gasteiger partial charge in [0.1, 0.15) is 25.4 Å². The quantitative estimate of drug-likeness (QED) is 0.0745. The van der Waals surface area contributed by atoms with Crippen LogP contribution >= 0.6 is 21.6 Å². The molecule has 2 aliphatic rings. The molecule has 26 heteroatoms. The molecule has 10 atom stereocenters. The summed E-state index contributed by atoms with van der Waals surface area (Å²) < 4.78 is 63.8. The van der Waals surface area contributed by atoms with Gasteiger partial charge in [-0.3, -0.25) is 38.4 Å². The van der Waals surface area contributed by atoms with E-state index in [0.29, 0.717) is 11.5 Å². The number of esters is 8. The molecular weight excluding hydrogens is 853 g/mol. The zero-order valence-electron chi connectivity index (χ0n) is 33.8. The second kappa shape index (κ2) is 25.5. The van der Waals surface area contributed by atoms with Crippen LogP contribution in [0.1, 0.15) is 55.4 Å². The van der Waals surface area contributed by atoms with Crippen molar-refractivity contribution in [3.63, 3.8) is 0 Å². The van der Waals surface area contributed by atoms with E-state index in [-0.39, 0.29) is 13.1 Å². The fourth-order valence-electron chi connectivity index (χ4n) is 5.37. The van der Waals surface area contributed by atoms with Crippen molar-refractivity contribution in [1.82, 2.24) is 10.6 Å². The second-order valence-corrected chi connectivity index (χ2v) is 15.1. The van der Waals surface area contributed by atoms with E-state index in [4.69, 9.17) is 56.8 Å². The largest absolute Gasteiger partial charge is 0.463 e. The number of amides is 2. The molecule has 338 valence electrons. The van der Waals surface area contributed by atoms with Crippen molar-refractivity contribution in [3.8, 4) is 0 Å². The van der Waals surface area contributed by atoms with Crippen LogP contribution in [0.25, 0.3) is 0 Å². The Morgan fingerprint density at radius 1 is 0.400 bits per heavy atom. The van der Waals surface area contributed by atoms with Crippen molar-refractivity contribution in [2.24, 2.45) is 0 Å². The first-order valence-corrected chi connectivity index (χ1v) is 20.4. The Morgan fingerprint density at radius 2 is 0.683 bits per heavy atom. The molecule has 24 nitrogen and oxygen atoms in total. The number of hydrogen-bond acceptors (Lipinski definition) is 24. The van der Waals surface area contributed by atoms with Crippen molar-refractivity contribution in [2.75, 3.05) is 37.8 Å². The third-order valence-corrected chi connectivity index (χ3v) is 9.74. The Kier molecular flexibility index (Phi) is 21.7. The maximum atomic E-state index is 12.8. The van der Waals surface area contributed by atoms with Gasteiger partial charge in [0.15, 0.2) is 24.4 Å². The molecule has 0 spiro atoms. The molecule has 2 saturated heterocycles. The highest BCUT2D eigenvalue weighted by atomic mass is 33.1. The molecule has 0 aromatic rings. The molecule has 2 heterocycles. The van der Waals surface area contributed by atoms with Gasteiger partial charge in [-0.15, -0.1) is 0 Å². The van der Waals surface area contributed by atoms with Crippen LogP contribution in [0.5, 0.6) is 0 Å². The molecule has 2 amide bonds. The van der Waals surface area contributed by atoms with E-state index in [9.17, 15) is 47.9 Å². The predicted octanol–water partition coefficient (Wildman–Crippen LogP) is -0.0136. The van der Waals surface area contributed by atoms with Crippen LogP contribution in [-0.4, -0.2) is 159 Å². The third kappa shape index (κ3) is 18.5. The summed E-state index contributed by atoms with van der Waals surface area (Å²) in [7, 11) is 2.54. The molecule has 0 unspecified atom stereocenters. The van der Waals surface area contributed by atoms with Crippen LogP contribution in [0.15, 0.2) is 0 Å². The van der Waals surface area contributed by atoms with E-state index in [0.717, 1.165) is 55.4 Å². The van der Waals surface area contributed by atoms with Gasteiger partial charge in [0.05, 0.1) is 0 Å². The molecule has 2 fully saturated rings. The highest BCUT2D eigenvalue weighted by molar-refractivity contribution is 8.76. The molecule has 0 saturated carbocycles. The average Bonchev–Trinajstić information content (AvgIpc) is 3.11. The summed E-state index contributed by atoms with van der Waals surface area (Å²) in [6, 6.07) is 0. The maximum absolute atomic E-state index is 12.8. The van der Waals surface area contributed by atoms with Crippen molar-refractivity contribution in [2.45, 2.75) is 117 Å². The molecule has 2 N–H and O–H groups in total. The van der Waals surface area contributed by atoms with E-state index >= 15 is 0 Å². The first-order valence-electron chi connectivity index (χ1n) is 17.9. The summed E-state index contributed by atoms with van der Waals surface area (Å²) >= 11 is 0. The summed E-state index contributed by atoms with van der Waals surface area (Å²) in [6.45, 7) is 7.49. The molecule has 0 bridgehead atoms. The summed E-state index contributed by atoms with van der Waals surface area (Å²) in [5, 5.41) is 4.93. The zero-order valence-corrected chi connectivity index (χ0v) is 35.4. The number of alkyl carbamates (subject to hydrolysis) is 2. The number of carbonyl (C=O) groups is 10. The maximum Gasteiger partial charge on any atom is 0.409 e. The topological polar surface area (TPSA) is 306 Å². The molecule has 0 aliphatic carbocycles. The number of nitrogens with one attached hydrogen (secondary N) is 2. The van der Waals surface area contributed by atoms with E-state index in [2.05, 4.69) is 10.6 Å². The molecule has 2 aliphatic heterocycles. The van der Waals surface area contributed by atoms with Crippen LogP contribution in [0.4, 0.5) is 9.59 Å². The van der Waals surface area contributed by atoms with Crippen LogP contribution in [-0.2, 0) is 95.2 Å².